The Morgan fingerprint density at radius 2 is 2.10 bits per heavy atom. The molecule has 1 aromatic carbocycles. The predicted molar refractivity (Wildman–Crippen MR) is 81.5 cm³/mol. The van der Waals surface area contributed by atoms with Gasteiger partial charge >= 0.3 is 0 Å². The number of aryl methyl sites for hydroxylation is 1. The van der Waals surface area contributed by atoms with Gasteiger partial charge in [-0.15, -0.1) is 0 Å². The quantitative estimate of drug-likeness (QED) is 0.840. The Bertz CT molecular complexity index is 622. The highest BCUT2D eigenvalue weighted by Gasteiger charge is 2.18. The third-order valence-corrected chi connectivity index (χ3v) is 5.07. The monoisotopic (exact) mass is 310 g/mol. The molecule has 1 amide bonds. The number of carbonyl (C=O) groups excluding carboxylic acids is 1. The molecule has 0 saturated heterocycles. The second-order valence-electron chi connectivity index (χ2n) is 5.56. The fraction of sp³-hybridized carbons (Fsp3) is 0.533. The highest BCUT2D eigenvalue weighted by atomic mass is 32.2. The smallest absolute Gasteiger partial charge is 0.251 e. The van der Waals surface area contributed by atoms with E-state index in [1.807, 2.05) is 6.92 Å². The van der Waals surface area contributed by atoms with Crippen molar-refractivity contribution in [1.82, 2.24) is 5.32 Å². The molecule has 5 nitrogen and oxygen atoms in total. The second-order valence-corrected chi connectivity index (χ2v) is 7.09. The molecule has 1 saturated carbocycles. The van der Waals surface area contributed by atoms with E-state index >= 15 is 0 Å². The van der Waals surface area contributed by atoms with Crippen molar-refractivity contribution in [2.24, 2.45) is 11.1 Å². The summed E-state index contributed by atoms with van der Waals surface area (Å²) in [6.07, 6.45) is 5.32. The third-order valence-electron chi connectivity index (χ3n) is 4.08. The van der Waals surface area contributed by atoms with Crippen molar-refractivity contribution in [2.45, 2.75) is 43.9 Å². The number of nitrogens with two attached hydrogens (primary N) is 1. The van der Waals surface area contributed by atoms with Gasteiger partial charge in [0, 0.05) is 12.1 Å². The molecule has 0 unspecified atom stereocenters. The number of nitrogens with one attached hydrogen (secondary N) is 1. The van der Waals surface area contributed by atoms with E-state index in [1.54, 1.807) is 12.1 Å². The molecule has 0 radical (unpaired) electrons. The van der Waals surface area contributed by atoms with Crippen LogP contribution >= 0.6 is 0 Å². The number of carbonyl (C=O) groups is 1. The lowest BCUT2D eigenvalue weighted by atomic mass is 9.83. The van der Waals surface area contributed by atoms with E-state index in [9.17, 15) is 13.2 Å². The molecule has 1 aromatic rings. The molecule has 2 rings (SSSR count). The largest absolute Gasteiger partial charge is 0.352 e. The van der Waals surface area contributed by atoms with Crippen LogP contribution in [0.5, 0.6) is 0 Å². The number of amides is 1. The summed E-state index contributed by atoms with van der Waals surface area (Å²) in [6.45, 7) is 2.48. The van der Waals surface area contributed by atoms with Crippen molar-refractivity contribution in [3.8, 4) is 0 Å². The Labute approximate surface area is 126 Å². The Kier molecular flexibility index (Phi) is 5.00. The van der Waals surface area contributed by atoms with Crippen LogP contribution < -0.4 is 10.5 Å². The minimum absolute atomic E-state index is 0.0386. The van der Waals surface area contributed by atoms with Crippen molar-refractivity contribution in [3.63, 3.8) is 0 Å². The normalized spacial score (nSPS) is 15.5. The molecule has 0 spiro atoms. The van der Waals surface area contributed by atoms with Crippen molar-refractivity contribution >= 4 is 15.9 Å². The first kappa shape index (κ1) is 16.0. The minimum Gasteiger partial charge on any atom is -0.352 e. The topological polar surface area (TPSA) is 89.3 Å². The maximum absolute atomic E-state index is 12.1. The highest BCUT2D eigenvalue weighted by molar-refractivity contribution is 7.89. The van der Waals surface area contributed by atoms with E-state index in [0.29, 0.717) is 24.1 Å². The maximum atomic E-state index is 12.1. The number of primary sulfonamides is 1. The van der Waals surface area contributed by atoms with Crippen molar-refractivity contribution in [2.75, 3.05) is 6.54 Å². The molecule has 0 aromatic heterocycles. The summed E-state index contributed by atoms with van der Waals surface area (Å²) >= 11 is 0. The van der Waals surface area contributed by atoms with Gasteiger partial charge in [-0.25, -0.2) is 13.6 Å². The molecule has 6 heteroatoms. The fourth-order valence-corrected chi connectivity index (χ4v) is 3.40. The second kappa shape index (κ2) is 6.58. The molecule has 21 heavy (non-hydrogen) atoms. The average molecular weight is 310 g/mol. The molecule has 1 aliphatic carbocycles. The van der Waals surface area contributed by atoms with Gasteiger partial charge < -0.3 is 5.32 Å². The third kappa shape index (κ3) is 4.04. The van der Waals surface area contributed by atoms with Gasteiger partial charge in [-0.3, -0.25) is 4.79 Å². The summed E-state index contributed by atoms with van der Waals surface area (Å²) < 4.78 is 23.2. The lowest BCUT2D eigenvalue weighted by molar-refractivity contribution is 0.0948. The molecule has 116 valence electrons. The van der Waals surface area contributed by atoms with Gasteiger partial charge in [0.25, 0.3) is 5.91 Å². The van der Waals surface area contributed by atoms with E-state index in [4.69, 9.17) is 5.14 Å². The molecule has 1 fully saturated rings. The van der Waals surface area contributed by atoms with Crippen molar-refractivity contribution < 1.29 is 13.2 Å². The zero-order valence-electron chi connectivity index (χ0n) is 12.3. The standard InChI is InChI=1S/C15H22N2O3S/c1-2-12-6-7-13(10-14(12)21(16,19)20)15(18)17-9-8-11-4-3-5-11/h6-7,10-11H,2-5,8-9H2,1H3,(H,17,18)(H2,16,19,20). The molecule has 0 bridgehead atoms. The summed E-state index contributed by atoms with van der Waals surface area (Å²) in [5, 5.41) is 8.05. The van der Waals surface area contributed by atoms with E-state index in [2.05, 4.69) is 5.32 Å². The number of rotatable bonds is 6. The first-order valence-corrected chi connectivity index (χ1v) is 8.90. The van der Waals surface area contributed by atoms with Gasteiger partial charge in [0.15, 0.2) is 0 Å². The number of sulfonamides is 1. The van der Waals surface area contributed by atoms with Crippen LogP contribution in [-0.4, -0.2) is 20.9 Å². The minimum atomic E-state index is -3.81. The van der Waals surface area contributed by atoms with Crippen molar-refractivity contribution in [1.29, 1.82) is 0 Å². The van der Waals surface area contributed by atoms with Gasteiger partial charge in [0.2, 0.25) is 10.0 Å². The Balaban J connectivity index is 2.06. The lowest BCUT2D eigenvalue weighted by Crippen LogP contribution is -2.27. The highest BCUT2D eigenvalue weighted by Crippen LogP contribution is 2.28. The van der Waals surface area contributed by atoms with Gasteiger partial charge in [0.1, 0.15) is 0 Å². The average Bonchev–Trinajstić information content (AvgIpc) is 2.39. The molecule has 0 heterocycles. The molecule has 1 aliphatic rings. The van der Waals surface area contributed by atoms with Gasteiger partial charge in [-0.2, -0.15) is 0 Å². The van der Waals surface area contributed by atoms with E-state index in [-0.39, 0.29) is 10.8 Å². The zero-order valence-corrected chi connectivity index (χ0v) is 13.1. The van der Waals surface area contributed by atoms with E-state index in [1.165, 1.54) is 25.3 Å². The molecule has 0 aliphatic heterocycles. The van der Waals surface area contributed by atoms with E-state index in [0.717, 1.165) is 12.3 Å². The van der Waals surface area contributed by atoms with Crippen molar-refractivity contribution in [3.05, 3.63) is 29.3 Å². The van der Waals surface area contributed by atoms with Crippen LogP contribution in [0.15, 0.2) is 23.1 Å². The van der Waals surface area contributed by atoms with Crippen LogP contribution in [0.2, 0.25) is 0 Å². The summed E-state index contributed by atoms with van der Waals surface area (Å²) in [7, 11) is -3.81. The maximum Gasteiger partial charge on any atom is 0.251 e. The Morgan fingerprint density at radius 3 is 2.62 bits per heavy atom. The van der Waals surface area contributed by atoms with E-state index < -0.39 is 10.0 Å². The molecule has 0 atom stereocenters. The zero-order chi connectivity index (χ0) is 15.5. The summed E-state index contributed by atoms with van der Waals surface area (Å²) in [6, 6.07) is 4.67. The fourth-order valence-electron chi connectivity index (χ4n) is 2.53. The first-order chi connectivity index (χ1) is 9.91. The van der Waals surface area contributed by atoms with Crippen LogP contribution in [0.1, 0.15) is 48.5 Å². The summed E-state index contributed by atoms with van der Waals surface area (Å²) in [5.74, 6) is 0.481. The number of hydrogen-bond donors (Lipinski definition) is 2. The summed E-state index contributed by atoms with van der Waals surface area (Å²) in [4.78, 5) is 12.1. The van der Waals surface area contributed by atoms with Crippen LogP contribution in [0, 0.1) is 5.92 Å². The van der Waals surface area contributed by atoms with Gasteiger partial charge in [-0.1, -0.05) is 32.3 Å². The molecular weight excluding hydrogens is 288 g/mol. The van der Waals surface area contributed by atoms with Crippen LogP contribution in [-0.2, 0) is 16.4 Å². The Morgan fingerprint density at radius 1 is 1.38 bits per heavy atom. The molecular formula is C15H22N2O3S. The SMILES string of the molecule is CCc1ccc(C(=O)NCCC2CCC2)cc1S(N)(=O)=O. The Hall–Kier alpha value is -1.40. The van der Waals surface area contributed by atoms with Gasteiger partial charge in [-0.05, 0) is 36.5 Å². The predicted octanol–water partition coefficient (Wildman–Crippen LogP) is 1.82. The first-order valence-electron chi connectivity index (χ1n) is 7.35. The number of benzene rings is 1. The van der Waals surface area contributed by atoms with Crippen LogP contribution in [0.25, 0.3) is 0 Å². The lowest BCUT2D eigenvalue weighted by Gasteiger charge is -2.25. The summed E-state index contributed by atoms with van der Waals surface area (Å²) in [5.41, 5.74) is 0.966. The number of hydrogen-bond acceptors (Lipinski definition) is 3. The van der Waals surface area contributed by atoms with Crippen LogP contribution in [0.3, 0.4) is 0 Å². The van der Waals surface area contributed by atoms with Crippen LogP contribution in [0.4, 0.5) is 0 Å². The molecule has 3 N–H and O–H groups in total. The van der Waals surface area contributed by atoms with Gasteiger partial charge in [0.05, 0.1) is 4.90 Å².